The summed E-state index contributed by atoms with van der Waals surface area (Å²) in [6, 6.07) is 14.0. The molecule has 0 saturated carbocycles. The van der Waals surface area contributed by atoms with Gasteiger partial charge in [-0.2, -0.15) is 0 Å². The second-order valence-electron chi connectivity index (χ2n) is 7.99. The molecular weight excluding hydrogens is 477 g/mol. The predicted molar refractivity (Wildman–Crippen MR) is 123 cm³/mol. The Morgan fingerprint density at radius 2 is 1.91 bits per heavy atom. The topological polar surface area (TPSA) is 71.4 Å². The summed E-state index contributed by atoms with van der Waals surface area (Å²) < 4.78 is 16.7. The first-order valence-corrected chi connectivity index (χ1v) is 11.2. The van der Waals surface area contributed by atoms with Gasteiger partial charge in [-0.15, -0.1) is 0 Å². The minimum Gasteiger partial charge on any atom is -0.350 e. The predicted octanol–water partition coefficient (Wildman–Crippen LogP) is 3.86. The summed E-state index contributed by atoms with van der Waals surface area (Å²) in [6.07, 6.45) is 0.367. The molecule has 1 saturated heterocycles. The molecule has 2 atom stereocenters. The molecule has 2 amide bonds. The highest BCUT2D eigenvalue weighted by Gasteiger charge is 2.39. The molecule has 0 bridgehead atoms. The van der Waals surface area contributed by atoms with Crippen LogP contribution in [0.25, 0.3) is 10.9 Å². The molecule has 0 spiro atoms. The van der Waals surface area contributed by atoms with Gasteiger partial charge in [0.1, 0.15) is 18.8 Å². The Bertz CT molecular complexity index is 1180. The number of fused-ring (bicyclic) bond motifs is 1. The van der Waals surface area contributed by atoms with Gasteiger partial charge in [0.15, 0.2) is 5.78 Å². The fourth-order valence-electron chi connectivity index (χ4n) is 4.13. The first-order valence-electron chi connectivity index (χ1n) is 10.4. The number of halogens is 2. The van der Waals surface area contributed by atoms with Gasteiger partial charge in [-0.25, -0.2) is 4.39 Å². The van der Waals surface area contributed by atoms with E-state index in [1.54, 1.807) is 10.8 Å². The van der Waals surface area contributed by atoms with Crippen LogP contribution in [0.5, 0.6) is 0 Å². The van der Waals surface area contributed by atoms with Crippen molar-refractivity contribution >= 4 is 44.4 Å². The zero-order valence-corrected chi connectivity index (χ0v) is 19.1. The Morgan fingerprint density at radius 1 is 1.16 bits per heavy atom. The van der Waals surface area contributed by atoms with E-state index in [2.05, 4.69) is 21.2 Å². The molecule has 6 nitrogen and oxygen atoms in total. The van der Waals surface area contributed by atoms with Crippen molar-refractivity contribution in [2.45, 2.75) is 38.6 Å². The van der Waals surface area contributed by atoms with Crippen LogP contribution in [-0.4, -0.2) is 45.8 Å². The fraction of sp³-hybridized carbons (Fsp3) is 0.292. The van der Waals surface area contributed by atoms with Crippen molar-refractivity contribution < 1.29 is 18.8 Å². The van der Waals surface area contributed by atoms with Gasteiger partial charge in [-0.05, 0) is 30.7 Å². The number of carbonyl (C=O) groups is 3. The molecule has 2 heterocycles. The summed E-state index contributed by atoms with van der Waals surface area (Å²) >= 11 is 3.41. The fourth-order valence-corrected chi connectivity index (χ4v) is 4.49. The van der Waals surface area contributed by atoms with Crippen molar-refractivity contribution in [2.75, 3.05) is 6.54 Å². The maximum absolute atomic E-state index is 14.2. The molecule has 1 aliphatic rings. The van der Waals surface area contributed by atoms with E-state index < -0.39 is 12.2 Å². The molecule has 1 fully saturated rings. The zero-order chi connectivity index (χ0) is 22.8. The monoisotopic (exact) mass is 499 g/mol. The van der Waals surface area contributed by atoms with Gasteiger partial charge >= 0.3 is 0 Å². The minimum atomic E-state index is -1.25. The van der Waals surface area contributed by atoms with E-state index in [0.717, 1.165) is 20.9 Å². The van der Waals surface area contributed by atoms with Crippen LogP contribution in [0.2, 0.25) is 0 Å². The van der Waals surface area contributed by atoms with E-state index in [1.807, 2.05) is 48.5 Å². The van der Waals surface area contributed by atoms with Crippen LogP contribution in [0.3, 0.4) is 0 Å². The van der Waals surface area contributed by atoms with Gasteiger partial charge in [0.05, 0.1) is 6.54 Å². The van der Waals surface area contributed by atoms with Crippen LogP contribution < -0.4 is 5.32 Å². The highest BCUT2D eigenvalue weighted by Crippen LogP contribution is 2.27. The number of likely N-dealkylation sites (tertiary alicyclic amines) is 1. The molecule has 166 valence electrons. The van der Waals surface area contributed by atoms with Crippen LogP contribution >= 0.6 is 15.9 Å². The average Bonchev–Trinajstić information content (AvgIpc) is 3.33. The van der Waals surface area contributed by atoms with E-state index in [4.69, 9.17) is 0 Å². The van der Waals surface area contributed by atoms with Crippen molar-refractivity contribution in [3.8, 4) is 0 Å². The summed E-state index contributed by atoms with van der Waals surface area (Å²) in [5.41, 5.74) is 2.17. The number of Topliss-reactive ketones (excluding diaryl/α,β-unsaturated/α-hetero) is 1. The average molecular weight is 500 g/mol. The number of carbonyl (C=O) groups excluding carboxylic acids is 3. The third-order valence-corrected chi connectivity index (χ3v) is 6.20. The van der Waals surface area contributed by atoms with E-state index in [0.29, 0.717) is 12.1 Å². The van der Waals surface area contributed by atoms with Crippen molar-refractivity contribution in [1.82, 2.24) is 14.8 Å². The lowest BCUT2D eigenvalue weighted by molar-refractivity contribution is -0.139. The zero-order valence-electron chi connectivity index (χ0n) is 17.6. The van der Waals surface area contributed by atoms with Gasteiger partial charge in [0.2, 0.25) is 11.8 Å². The quantitative estimate of drug-likeness (QED) is 0.523. The van der Waals surface area contributed by atoms with Crippen molar-refractivity contribution in [3.63, 3.8) is 0 Å². The number of nitrogens with zero attached hydrogens (tertiary/aromatic N) is 2. The molecule has 1 N–H and O–H groups in total. The Balaban J connectivity index is 1.52. The van der Waals surface area contributed by atoms with Crippen LogP contribution in [0.15, 0.2) is 59.2 Å². The molecule has 32 heavy (non-hydrogen) atoms. The number of benzene rings is 2. The smallest absolute Gasteiger partial charge is 0.243 e. The highest BCUT2D eigenvalue weighted by atomic mass is 79.9. The van der Waals surface area contributed by atoms with Gasteiger partial charge in [0, 0.05) is 40.1 Å². The van der Waals surface area contributed by atoms with Crippen molar-refractivity contribution in [3.05, 3.63) is 70.3 Å². The number of aromatic nitrogens is 1. The van der Waals surface area contributed by atoms with E-state index in [1.165, 1.54) is 11.8 Å². The first kappa shape index (κ1) is 22.2. The molecule has 3 aromatic rings. The van der Waals surface area contributed by atoms with Gasteiger partial charge < -0.3 is 14.8 Å². The Labute approximate surface area is 193 Å². The molecular formula is C24H23BrFN3O3. The van der Waals surface area contributed by atoms with Crippen LogP contribution in [0.1, 0.15) is 29.3 Å². The van der Waals surface area contributed by atoms with Gasteiger partial charge in [-0.3, -0.25) is 14.4 Å². The van der Waals surface area contributed by atoms with Gasteiger partial charge in [0.25, 0.3) is 0 Å². The summed E-state index contributed by atoms with van der Waals surface area (Å²) in [5.74, 6) is -0.838. The second kappa shape index (κ2) is 9.24. The molecule has 8 heteroatoms. The van der Waals surface area contributed by atoms with Crippen LogP contribution in [-0.2, 0) is 22.7 Å². The number of alkyl halides is 1. The maximum Gasteiger partial charge on any atom is 0.243 e. The number of amides is 2. The SMILES string of the molecule is CC(=O)c1cn(CC(=O)N2C[C@H](F)C[C@H]2C(=O)NCc2ccccc2)c2ccc(Br)cc12. The molecule has 1 aromatic heterocycles. The molecule has 0 aliphatic carbocycles. The first-order chi connectivity index (χ1) is 15.3. The molecule has 0 radical (unpaired) electrons. The summed E-state index contributed by atoms with van der Waals surface area (Å²) in [5, 5.41) is 3.55. The lowest BCUT2D eigenvalue weighted by Gasteiger charge is -2.24. The standard InChI is InChI=1S/C24H23BrFN3O3/c1-15(30)20-13-28(21-8-7-17(25)9-19(20)21)14-23(31)29-12-18(26)10-22(29)24(32)27-11-16-5-3-2-4-6-16/h2-9,13,18,22H,10-12,14H2,1H3,(H,27,32)/t18-,22+/m1/s1. The third-order valence-electron chi connectivity index (χ3n) is 5.71. The summed E-state index contributed by atoms with van der Waals surface area (Å²) in [6.45, 7) is 1.59. The highest BCUT2D eigenvalue weighted by molar-refractivity contribution is 9.10. The summed E-state index contributed by atoms with van der Waals surface area (Å²) in [4.78, 5) is 39.2. The largest absolute Gasteiger partial charge is 0.350 e. The lowest BCUT2D eigenvalue weighted by atomic mass is 10.1. The lowest BCUT2D eigenvalue weighted by Crippen LogP contribution is -2.46. The molecule has 2 aromatic carbocycles. The number of nitrogens with one attached hydrogen (secondary N) is 1. The normalized spacial score (nSPS) is 18.2. The van der Waals surface area contributed by atoms with E-state index >= 15 is 0 Å². The summed E-state index contributed by atoms with van der Waals surface area (Å²) in [7, 11) is 0. The Hall–Kier alpha value is -3.00. The van der Waals surface area contributed by atoms with Crippen LogP contribution in [0, 0.1) is 0 Å². The van der Waals surface area contributed by atoms with Gasteiger partial charge in [-0.1, -0.05) is 46.3 Å². The third kappa shape index (κ3) is 4.60. The van der Waals surface area contributed by atoms with E-state index in [9.17, 15) is 18.8 Å². The number of hydrogen-bond donors (Lipinski definition) is 1. The maximum atomic E-state index is 14.2. The number of rotatable bonds is 6. The minimum absolute atomic E-state index is 0.0234. The van der Waals surface area contributed by atoms with Crippen LogP contribution in [0.4, 0.5) is 4.39 Å². The Morgan fingerprint density at radius 3 is 2.62 bits per heavy atom. The molecule has 0 unspecified atom stereocenters. The second-order valence-corrected chi connectivity index (χ2v) is 8.90. The van der Waals surface area contributed by atoms with Crippen molar-refractivity contribution in [2.24, 2.45) is 0 Å². The van der Waals surface area contributed by atoms with Crippen molar-refractivity contribution in [1.29, 1.82) is 0 Å². The molecule has 1 aliphatic heterocycles. The molecule has 4 rings (SSSR count). The number of hydrogen-bond acceptors (Lipinski definition) is 3. The Kier molecular flexibility index (Phi) is 6.41. The van der Waals surface area contributed by atoms with E-state index in [-0.39, 0.29) is 37.1 Å². The number of ketones is 1.